The normalized spacial score (nSPS) is 17.8. The van der Waals surface area contributed by atoms with Gasteiger partial charge < -0.3 is 5.32 Å². The van der Waals surface area contributed by atoms with Gasteiger partial charge in [-0.05, 0) is 56.7 Å². The van der Waals surface area contributed by atoms with E-state index < -0.39 is 0 Å². The highest BCUT2D eigenvalue weighted by molar-refractivity contribution is 5.33. The van der Waals surface area contributed by atoms with Crippen molar-refractivity contribution in [3.8, 4) is 0 Å². The van der Waals surface area contributed by atoms with Gasteiger partial charge >= 0.3 is 0 Å². The summed E-state index contributed by atoms with van der Waals surface area (Å²) < 4.78 is 0. The topological polar surface area (TPSA) is 12.0 Å². The lowest BCUT2D eigenvalue weighted by Gasteiger charge is -2.35. The van der Waals surface area contributed by atoms with Crippen molar-refractivity contribution in [2.45, 2.75) is 52.5 Å². The van der Waals surface area contributed by atoms with Gasteiger partial charge in [0.1, 0.15) is 0 Å². The smallest absolute Gasteiger partial charge is 0.0351 e. The van der Waals surface area contributed by atoms with E-state index in [0.717, 1.165) is 12.5 Å². The van der Waals surface area contributed by atoms with Crippen LogP contribution in [0.15, 0.2) is 18.2 Å². The van der Waals surface area contributed by atoms with E-state index >= 15 is 0 Å². The van der Waals surface area contributed by atoms with Crippen molar-refractivity contribution in [3.63, 3.8) is 0 Å². The van der Waals surface area contributed by atoms with E-state index in [1.54, 1.807) is 0 Å². The molecule has 0 heterocycles. The van der Waals surface area contributed by atoms with E-state index in [-0.39, 0.29) is 0 Å². The molecular weight excluding hydrogens is 206 g/mol. The lowest BCUT2D eigenvalue weighted by atomic mass is 9.76. The molecule has 0 saturated heterocycles. The summed E-state index contributed by atoms with van der Waals surface area (Å²) in [6, 6.07) is 7.48. The fourth-order valence-electron chi connectivity index (χ4n) is 2.78. The second kappa shape index (κ2) is 5.68. The minimum Gasteiger partial charge on any atom is -0.310 e. The Morgan fingerprint density at radius 2 is 2.06 bits per heavy atom. The third-order valence-corrected chi connectivity index (χ3v) is 4.00. The Morgan fingerprint density at radius 3 is 2.59 bits per heavy atom. The van der Waals surface area contributed by atoms with Crippen LogP contribution in [0, 0.1) is 19.8 Å². The van der Waals surface area contributed by atoms with Crippen LogP contribution < -0.4 is 5.32 Å². The second-order valence-electron chi connectivity index (χ2n) is 5.48. The van der Waals surface area contributed by atoms with Gasteiger partial charge in [-0.1, -0.05) is 37.1 Å². The molecule has 0 bridgehead atoms. The Morgan fingerprint density at radius 1 is 1.29 bits per heavy atom. The number of nitrogens with one attached hydrogen (secondary N) is 1. The van der Waals surface area contributed by atoms with Crippen molar-refractivity contribution < 1.29 is 0 Å². The first kappa shape index (κ1) is 12.6. The predicted octanol–water partition coefficient (Wildman–Crippen LogP) is 4.14. The summed E-state index contributed by atoms with van der Waals surface area (Å²) in [5, 5.41) is 3.75. The van der Waals surface area contributed by atoms with Crippen molar-refractivity contribution in [2.75, 3.05) is 6.54 Å². The van der Waals surface area contributed by atoms with Crippen LogP contribution in [0.4, 0.5) is 0 Å². The molecule has 1 aromatic rings. The summed E-state index contributed by atoms with van der Waals surface area (Å²) in [6.45, 7) is 7.80. The van der Waals surface area contributed by atoms with Crippen molar-refractivity contribution in [3.05, 3.63) is 34.9 Å². The minimum atomic E-state index is 0.587. The van der Waals surface area contributed by atoms with E-state index in [1.807, 2.05) is 0 Å². The molecule has 1 fully saturated rings. The van der Waals surface area contributed by atoms with Gasteiger partial charge in [-0.25, -0.2) is 0 Å². The SMILES string of the molecule is CCCNC(c1ccc(C)cc1C)C1CCC1. The lowest BCUT2D eigenvalue weighted by Crippen LogP contribution is -2.33. The fraction of sp³-hybridized carbons (Fsp3) is 0.625. The Labute approximate surface area is 106 Å². The second-order valence-corrected chi connectivity index (χ2v) is 5.48. The molecule has 17 heavy (non-hydrogen) atoms. The highest BCUT2D eigenvalue weighted by Crippen LogP contribution is 2.38. The number of aryl methyl sites for hydroxylation is 2. The summed E-state index contributed by atoms with van der Waals surface area (Å²) in [5.74, 6) is 0.864. The zero-order valence-corrected chi connectivity index (χ0v) is 11.4. The van der Waals surface area contributed by atoms with Crippen molar-refractivity contribution >= 4 is 0 Å². The molecular formula is C16H25N. The van der Waals surface area contributed by atoms with E-state index in [1.165, 1.54) is 42.4 Å². The van der Waals surface area contributed by atoms with E-state index in [4.69, 9.17) is 0 Å². The molecule has 0 aliphatic heterocycles. The van der Waals surface area contributed by atoms with Gasteiger partial charge in [-0.15, -0.1) is 0 Å². The van der Waals surface area contributed by atoms with Crippen molar-refractivity contribution in [1.82, 2.24) is 5.32 Å². The van der Waals surface area contributed by atoms with Crippen LogP contribution in [0.2, 0.25) is 0 Å². The highest BCUT2D eigenvalue weighted by Gasteiger charge is 2.28. The summed E-state index contributed by atoms with van der Waals surface area (Å²) in [6.07, 6.45) is 5.43. The summed E-state index contributed by atoms with van der Waals surface area (Å²) in [5.41, 5.74) is 4.34. The fourth-order valence-corrected chi connectivity index (χ4v) is 2.78. The maximum absolute atomic E-state index is 3.75. The zero-order valence-electron chi connectivity index (χ0n) is 11.4. The Bertz CT molecular complexity index is 366. The van der Waals surface area contributed by atoms with Gasteiger partial charge in [0.25, 0.3) is 0 Å². The van der Waals surface area contributed by atoms with Gasteiger partial charge in [-0.2, -0.15) is 0 Å². The lowest BCUT2D eigenvalue weighted by molar-refractivity contribution is 0.230. The highest BCUT2D eigenvalue weighted by atomic mass is 14.9. The largest absolute Gasteiger partial charge is 0.310 e. The molecule has 1 atom stereocenters. The molecule has 1 unspecified atom stereocenters. The maximum atomic E-state index is 3.75. The number of benzene rings is 1. The van der Waals surface area contributed by atoms with Gasteiger partial charge in [0, 0.05) is 6.04 Å². The first-order chi connectivity index (χ1) is 8.22. The minimum absolute atomic E-state index is 0.587. The maximum Gasteiger partial charge on any atom is 0.0351 e. The monoisotopic (exact) mass is 231 g/mol. The molecule has 0 aromatic heterocycles. The van der Waals surface area contributed by atoms with Crippen LogP contribution in [0.5, 0.6) is 0 Å². The van der Waals surface area contributed by atoms with Crippen LogP contribution in [0.25, 0.3) is 0 Å². The van der Waals surface area contributed by atoms with E-state index in [2.05, 4.69) is 44.3 Å². The molecule has 1 heteroatoms. The van der Waals surface area contributed by atoms with E-state index in [0.29, 0.717) is 6.04 Å². The van der Waals surface area contributed by atoms with Crippen LogP contribution in [0.3, 0.4) is 0 Å². The van der Waals surface area contributed by atoms with Crippen LogP contribution >= 0.6 is 0 Å². The van der Waals surface area contributed by atoms with Crippen LogP contribution in [-0.4, -0.2) is 6.54 Å². The average molecular weight is 231 g/mol. The first-order valence-corrected chi connectivity index (χ1v) is 7.03. The molecule has 1 nitrogen and oxygen atoms in total. The van der Waals surface area contributed by atoms with Gasteiger partial charge in [-0.3, -0.25) is 0 Å². The van der Waals surface area contributed by atoms with Crippen LogP contribution in [0.1, 0.15) is 55.3 Å². The molecule has 1 aromatic carbocycles. The standard InChI is InChI=1S/C16H25N/c1-4-10-17-16(14-6-5-7-14)15-9-8-12(2)11-13(15)3/h8-9,11,14,16-17H,4-7,10H2,1-3H3. The van der Waals surface area contributed by atoms with Gasteiger partial charge in [0.05, 0.1) is 0 Å². The van der Waals surface area contributed by atoms with Gasteiger partial charge in [0.15, 0.2) is 0 Å². The first-order valence-electron chi connectivity index (χ1n) is 7.03. The molecule has 0 amide bonds. The molecule has 2 rings (SSSR count). The molecule has 0 radical (unpaired) electrons. The summed E-state index contributed by atoms with van der Waals surface area (Å²) in [7, 11) is 0. The van der Waals surface area contributed by atoms with Crippen molar-refractivity contribution in [2.24, 2.45) is 5.92 Å². The summed E-state index contributed by atoms with van der Waals surface area (Å²) in [4.78, 5) is 0. The molecule has 1 aliphatic carbocycles. The summed E-state index contributed by atoms with van der Waals surface area (Å²) >= 11 is 0. The zero-order chi connectivity index (χ0) is 12.3. The Balaban J connectivity index is 2.17. The quantitative estimate of drug-likeness (QED) is 0.803. The van der Waals surface area contributed by atoms with Crippen LogP contribution in [-0.2, 0) is 0 Å². The van der Waals surface area contributed by atoms with Crippen molar-refractivity contribution in [1.29, 1.82) is 0 Å². The van der Waals surface area contributed by atoms with Gasteiger partial charge in [0.2, 0.25) is 0 Å². The molecule has 1 N–H and O–H groups in total. The predicted molar refractivity (Wildman–Crippen MR) is 74.3 cm³/mol. The third-order valence-electron chi connectivity index (χ3n) is 4.00. The number of rotatable bonds is 5. The molecule has 1 aliphatic rings. The third kappa shape index (κ3) is 2.90. The average Bonchev–Trinajstić information content (AvgIpc) is 2.22. The molecule has 94 valence electrons. The van der Waals surface area contributed by atoms with E-state index in [9.17, 15) is 0 Å². The number of hydrogen-bond donors (Lipinski definition) is 1. The Hall–Kier alpha value is -0.820. The molecule has 0 spiro atoms. The Kier molecular flexibility index (Phi) is 4.22. The number of hydrogen-bond acceptors (Lipinski definition) is 1. The molecule has 1 saturated carbocycles.